The van der Waals surface area contributed by atoms with E-state index in [-0.39, 0.29) is 10.9 Å². The molecule has 140 valence electrons. The fourth-order valence-electron chi connectivity index (χ4n) is 6.67. The van der Waals surface area contributed by atoms with E-state index in [0.717, 1.165) is 43.9 Å². The molecule has 5 aliphatic rings. The third kappa shape index (κ3) is 2.77. The van der Waals surface area contributed by atoms with Crippen molar-refractivity contribution >= 4 is 17.5 Å². The number of carbonyl (C=O) groups excluding carboxylic acids is 1. The quantitative estimate of drug-likeness (QED) is 0.772. The minimum atomic E-state index is -0.404. The van der Waals surface area contributed by atoms with Crippen molar-refractivity contribution in [3.8, 4) is 0 Å². The van der Waals surface area contributed by atoms with Crippen LogP contribution in [-0.4, -0.2) is 47.4 Å². The fraction of sp³-hybridized carbons (Fsp3) is 0.667. The number of benzene rings is 1. The molecule has 5 fully saturated rings. The minimum absolute atomic E-state index is 0.0693. The molecule has 5 heteroatoms. The van der Waals surface area contributed by atoms with Crippen LogP contribution in [0, 0.1) is 23.6 Å². The molecule has 4 aliphatic carbocycles. The molecule has 6 rings (SSSR count). The van der Waals surface area contributed by atoms with E-state index in [2.05, 4.69) is 4.90 Å². The van der Waals surface area contributed by atoms with Crippen LogP contribution < -0.4 is 0 Å². The lowest BCUT2D eigenvalue weighted by Crippen LogP contribution is -2.64. The average molecular weight is 377 g/mol. The lowest BCUT2D eigenvalue weighted by molar-refractivity contribution is -0.0987. The van der Waals surface area contributed by atoms with Gasteiger partial charge in [0.25, 0.3) is 5.91 Å². The van der Waals surface area contributed by atoms with E-state index in [1.807, 2.05) is 4.90 Å². The number of hydrogen-bond acceptors (Lipinski definition) is 2. The SMILES string of the molecule is O=C(c1ccc(F)cc1Cl)N1CCN(C23CC4CC(CC(C4)C2)C3)CC1. The highest BCUT2D eigenvalue weighted by atomic mass is 35.5. The van der Waals surface area contributed by atoms with Crippen molar-refractivity contribution in [1.82, 2.24) is 9.80 Å². The summed E-state index contributed by atoms with van der Waals surface area (Å²) in [6, 6.07) is 4.04. The van der Waals surface area contributed by atoms with Gasteiger partial charge < -0.3 is 4.90 Å². The van der Waals surface area contributed by atoms with E-state index in [0.29, 0.717) is 11.1 Å². The second-order valence-electron chi connectivity index (χ2n) is 9.05. The third-order valence-corrected chi connectivity index (χ3v) is 7.72. The zero-order chi connectivity index (χ0) is 17.9. The molecule has 1 aromatic rings. The van der Waals surface area contributed by atoms with E-state index < -0.39 is 5.82 Å². The zero-order valence-electron chi connectivity index (χ0n) is 15.1. The summed E-state index contributed by atoms with van der Waals surface area (Å²) < 4.78 is 13.2. The number of rotatable bonds is 2. The molecule has 4 saturated carbocycles. The van der Waals surface area contributed by atoms with Crippen LogP contribution in [0.15, 0.2) is 18.2 Å². The van der Waals surface area contributed by atoms with Gasteiger partial charge in [0, 0.05) is 31.7 Å². The number of piperazine rings is 1. The van der Waals surface area contributed by atoms with Crippen LogP contribution in [0.5, 0.6) is 0 Å². The predicted octanol–water partition coefficient (Wildman–Crippen LogP) is 4.21. The van der Waals surface area contributed by atoms with Gasteiger partial charge in [-0.05, 0) is 74.5 Å². The topological polar surface area (TPSA) is 23.6 Å². The Balaban J connectivity index is 1.27. The van der Waals surface area contributed by atoms with Gasteiger partial charge in [-0.3, -0.25) is 9.69 Å². The van der Waals surface area contributed by atoms with Gasteiger partial charge in [0.2, 0.25) is 0 Å². The van der Waals surface area contributed by atoms with Crippen LogP contribution in [0.4, 0.5) is 4.39 Å². The van der Waals surface area contributed by atoms with Crippen molar-refractivity contribution < 1.29 is 9.18 Å². The molecule has 0 unspecified atom stereocenters. The molecule has 0 atom stereocenters. The smallest absolute Gasteiger partial charge is 0.255 e. The molecule has 1 amide bonds. The standard InChI is InChI=1S/C21H26ClFN2O/c22-19-10-17(23)1-2-18(19)20(26)24-3-5-25(6-4-24)21-11-14-7-15(12-21)9-16(8-14)13-21/h1-2,10,14-16H,3-9,11-13H2. The van der Waals surface area contributed by atoms with Crippen LogP contribution >= 0.6 is 11.6 Å². The van der Waals surface area contributed by atoms with Crippen molar-refractivity contribution in [2.75, 3.05) is 26.2 Å². The number of carbonyl (C=O) groups is 1. The Kier molecular flexibility index (Phi) is 4.05. The van der Waals surface area contributed by atoms with E-state index in [1.54, 1.807) is 0 Å². The molecule has 1 aromatic carbocycles. The lowest BCUT2D eigenvalue weighted by Gasteiger charge is -2.61. The average Bonchev–Trinajstić information content (AvgIpc) is 2.60. The molecule has 1 aliphatic heterocycles. The van der Waals surface area contributed by atoms with Crippen molar-refractivity contribution in [1.29, 1.82) is 0 Å². The molecule has 4 bridgehead atoms. The Morgan fingerprint density at radius 2 is 1.58 bits per heavy atom. The Hall–Kier alpha value is -1.13. The van der Waals surface area contributed by atoms with Gasteiger partial charge in [-0.15, -0.1) is 0 Å². The van der Waals surface area contributed by atoms with Gasteiger partial charge in [-0.25, -0.2) is 4.39 Å². The molecular formula is C21H26ClFN2O. The van der Waals surface area contributed by atoms with Crippen molar-refractivity contribution in [3.63, 3.8) is 0 Å². The summed E-state index contributed by atoms with van der Waals surface area (Å²) in [5, 5.41) is 0.207. The van der Waals surface area contributed by atoms with Crippen LogP contribution in [0.1, 0.15) is 48.9 Å². The summed E-state index contributed by atoms with van der Waals surface area (Å²) in [6.45, 7) is 3.40. The maximum absolute atomic E-state index is 13.2. The summed E-state index contributed by atoms with van der Waals surface area (Å²) >= 11 is 6.09. The highest BCUT2D eigenvalue weighted by Gasteiger charge is 2.53. The molecule has 1 saturated heterocycles. The van der Waals surface area contributed by atoms with Crippen molar-refractivity contribution in [2.24, 2.45) is 17.8 Å². The van der Waals surface area contributed by atoms with Crippen molar-refractivity contribution in [3.05, 3.63) is 34.6 Å². The van der Waals surface area contributed by atoms with Gasteiger partial charge in [0.1, 0.15) is 5.82 Å². The molecule has 0 radical (unpaired) electrons. The van der Waals surface area contributed by atoms with Gasteiger partial charge in [-0.1, -0.05) is 11.6 Å². The minimum Gasteiger partial charge on any atom is -0.336 e. The molecule has 0 N–H and O–H groups in total. The van der Waals surface area contributed by atoms with Gasteiger partial charge in [0.05, 0.1) is 10.6 Å². The second kappa shape index (κ2) is 6.20. The summed E-state index contributed by atoms with van der Waals surface area (Å²) in [5.74, 6) is 2.36. The fourth-order valence-corrected chi connectivity index (χ4v) is 6.92. The van der Waals surface area contributed by atoms with Crippen molar-refractivity contribution in [2.45, 2.75) is 44.1 Å². The first-order valence-electron chi connectivity index (χ1n) is 10.0. The van der Waals surface area contributed by atoms with E-state index in [1.165, 1.54) is 56.7 Å². The second-order valence-corrected chi connectivity index (χ2v) is 9.45. The monoisotopic (exact) mass is 376 g/mol. The predicted molar refractivity (Wildman–Crippen MR) is 99.8 cm³/mol. The maximum atomic E-state index is 13.2. The first-order valence-corrected chi connectivity index (χ1v) is 10.4. The highest BCUT2D eigenvalue weighted by Crippen LogP contribution is 2.57. The number of hydrogen-bond donors (Lipinski definition) is 0. The highest BCUT2D eigenvalue weighted by molar-refractivity contribution is 6.33. The first kappa shape index (κ1) is 17.0. The molecule has 0 aromatic heterocycles. The number of nitrogens with zero attached hydrogens (tertiary/aromatic N) is 2. The van der Waals surface area contributed by atoms with Gasteiger partial charge in [-0.2, -0.15) is 0 Å². The summed E-state index contributed by atoms with van der Waals surface area (Å²) in [5.41, 5.74) is 0.827. The Labute approximate surface area is 159 Å². The molecule has 0 spiro atoms. The molecular weight excluding hydrogens is 351 g/mol. The van der Waals surface area contributed by atoms with Gasteiger partial charge in [0.15, 0.2) is 0 Å². The summed E-state index contributed by atoms with van der Waals surface area (Å²) in [4.78, 5) is 17.4. The Morgan fingerprint density at radius 3 is 2.12 bits per heavy atom. The molecule has 1 heterocycles. The van der Waals surface area contributed by atoms with E-state index in [4.69, 9.17) is 11.6 Å². The van der Waals surface area contributed by atoms with Crippen LogP contribution in [0.3, 0.4) is 0 Å². The molecule has 26 heavy (non-hydrogen) atoms. The van der Waals surface area contributed by atoms with E-state index >= 15 is 0 Å². The number of halogens is 2. The lowest BCUT2D eigenvalue weighted by atomic mass is 9.52. The van der Waals surface area contributed by atoms with Gasteiger partial charge >= 0.3 is 0 Å². The molecule has 3 nitrogen and oxygen atoms in total. The third-order valence-electron chi connectivity index (χ3n) is 7.41. The summed E-state index contributed by atoms with van der Waals surface area (Å²) in [6.07, 6.45) is 8.49. The van der Waals surface area contributed by atoms with Crippen LogP contribution in [0.25, 0.3) is 0 Å². The van der Waals surface area contributed by atoms with E-state index in [9.17, 15) is 9.18 Å². The number of amides is 1. The Morgan fingerprint density at radius 1 is 1.00 bits per heavy atom. The normalized spacial score (nSPS) is 36.5. The largest absolute Gasteiger partial charge is 0.336 e. The first-order chi connectivity index (χ1) is 12.5. The zero-order valence-corrected chi connectivity index (χ0v) is 15.8. The maximum Gasteiger partial charge on any atom is 0.255 e. The van der Waals surface area contributed by atoms with Crippen LogP contribution in [0.2, 0.25) is 5.02 Å². The van der Waals surface area contributed by atoms with Crippen LogP contribution in [-0.2, 0) is 0 Å². The Bertz CT molecular complexity index is 693. The summed E-state index contributed by atoms with van der Waals surface area (Å²) in [7, 11) is 0.